The van der Waals surface area contributed by atoms with Crippen LogP contribution in [0.4, 0.5) is 4.79 Å². The lowest BCUT2D eigenvalue weighted by atomic mass is 10.3. The Morgan fingerprint density at radius 1 is 1.65 bits per heavy atom. The minimum atomic E-state index is -0.637. The van der Waals surface area contributed by atoms with E-state index in [1.165, 1.54) is 7.05 Å². The summed E-state index contributed by atoms with van der Waals surface area (Å²) in [4.78, 5) is 30.6. The third kappa shape index (κ3) is 3.78. The Morgan fingerprint density at radius 3 is 2.76 bits per heavy atom. The van der Waals surface area contributed by atoms with Gasteiger partial charge in [0.2, 0.25) is 5.91 Å². The van der Waals surface area contributed by atoms with Crippen molar-refractivity contribution in [2.45, 2.75) is 19.9 Å². The number of likely N-dealkylation sites (N-methyl/N-ethyl adjacent to an activating group) is 1. The first-order chi connectivity index (χ1) is 7.90. The van der Waals surface area contributed by atoms with Crippen LogP contribution in [0.1, 0.15) is 24.5 Å². The fourth-order valence-electron chi connectivity index (χ4n) is 1.30. The number of hydrogen-bond donors (Lipinski definition) is 3. The van der Waals surface area contributed by atoms with Crippen molar-refractivity contribution in [2.24, 2.45) is 5.73 Å². The van der Waals surface area contributed by atoms with Crippen molar-refractivity contribution in [3.8, 4) is 0 Å². The first kappa shape index (κ1) is 13.0. The molecule has 0 aliphatic rings. The van der Waals surface area contributed by atoms with Gasteiger partial charge in [0.15, 0.2) is 0 Å². The second-order valence-electron chi connectivity index (χ2n) is 3.93. The Balaban J connectivity index is 2.49. The molecule has 1 rings (SSSR count). The van der Waals surface area contributed by atoms with E-state index in [9.17, 15) is 9.59 Å². The molecule has 1 heterocycles. The van der Waals surface area contributed by atoms with E-state index in [2.05, 4.69) is 15.3 Å². The summed E-state index contributed by atoms with van der Waals surface area (Å²) >= 11 is 0. The summed E-state index contributed by atoms with van der Waals surface area (Å²) < 4.78 is 0. The van der Waals surface area contributed by atoms with E-state index in [4.69, 9.17) is 5.73 Å². The lowest BCUT2D eigenvalue weighted by molar-refractivity contribution is -0.122. The van der Waals surface area contributed by atoms with Gasteiger partial charge in [-0.15, -0.1) is 0 Å². The maximum absolute atomic E-state index is 11.5. The molecule has 17 heavy (non-hydrogen) atoms. The molecule has 0 radical (unpaired) electrons. The molecule has 7 heteroatoms. The van der Waals surface area contributed by atoms with Crippen LogP contribution in [0.15, 0.2) is 6.20 Å². The quantitative estimate of drug-likeness (QED) is 0.683. The second kappa shape index (κ2) is 5.33. The third-order valence-corrected chi connectivity index (χ3v) is 2.27. The van der Waals surface area contributed by atoms with Crippen LogP contribution in [0.2, 0.25) is 0 Å². The highest BCUT2D eigenvalue weighted by Crippen LogP contribution is 2.07. The minimum absolute atomic E-state index is 0.0701. The summed E-state index contributed by atoms with van der Waals surface area (Å²) in [6.45, 7) is 3.62. The van der Waals surface area contributed by atoms with Gasteiger partial charge in [0.1, 0.15) is 12.4 Å². The van der Waals surface area contributed by atoms with E-state index < -0.39 is 6.03 Å². The van der Waals surface area contributed by atoms with Gasteiger partial charge >= 0.3 is 6.03 Å². The SMILES string of the molecule is Cc1cnc(C(C)NC(=O)CN(C)C(N)=O)[nH]1. The molecule has 0 bridgehead atoms. The number of imidazole rings is 1. The summed E-state index contributed by atoms with van der Waals surface area (Å²) in [6, 6.07) is -0.876. The zero-order valence-corrected chi connectivity index (χ0v) is 10.2. The molecule has 0 aliphatic heterocycles. The van der Waals surface area contributed by atoms with Crippen molar-refractivity contribution in [1.82, 2.24) is 20.2 Å². The minimum Gasteiger partial charge on any atom is -0.351 e. The molecule has 7 nitrogen and oxygen atoms in total. The summed E-state index contributed by atoms with van der Waals surface area (Å²) in [6.07, 6.45) is 1.69. The number of urea groups is 1. The molecule has 1 atom stereocenters. The first-order valence-corrected chi connectivity index (χ1v) is 5.21. The molecule has 3 amide bonds. The van der Waals surface area contributed by atoms with Gasteiger partial charge in [-0.05, 0) is 13.8 Å². The van der Waals surface area contributed by atoms with Crippen molar-refractivity contribution >= 4 is 11.9 Å². The fourth-order valence-corrected chi connectivity index (χ4v) is 1.30. The van der Waals surface area contributed by atoms with Crippen molar-refractivity contribution < 1.29 is 9.59 Å². The maximum atomic E-state index is 11.5. The predicted octanol–water partition coefficient (Wildman–Crippen LogP) is -0.0942. The highest BCUT2D eigenvalue weighted by Gasteiger charge is 2.14. The second-order valence-corrected chi connectivity index (χ2v) is 3.93. The van der Waals surface area contributed by atoms with Crippen LogP contribution in [0.5, 0.6) is 0 Å². The number of aromatic amines is 1. The van der Waals surface area contributed by atoms with Crippen molar-refractivity contribution in [2.75, 3.05) is 13.6 Å². The number of nitrogens with zero attached hydrogens (tertiary/aromatic N) is 2. The average Bonchev–Trinajstić information content (AvgIpc) is 2.64. The molecule has 0 aliphatic carbocycles. The van der Waals surface area contributed by atoms with Gasteiger partial charge in [0, 0.05) is 18.9 Å². The number of H-pyrrole nitrogens is 1. The molecule has 4 N–H and O–H groups in total. The van der Waals surface area contributed by atoms with E-state index in [1.807, 2.05) is 6.92 Å². The Kier molecular flexibility index (Phi) is 4.08. The Labute approximate surface area is 99.4 Å². The van der Waals surface area contributed by atoms with Gasteiger partial charge in [-0.3, -0.25) is 4.79 Å². The number of nitrogens with two attached hydrogens (primary N) is 1. The monoisotopic (exact) mass is 239 g/mol. The van der Waals surface area contributed by atoms with Gasteiger partial charge in [-0.2, -0.15) is 0 Å². The van der Waals surface area contributed by atoms with Gasteiger partial charge in [-0.1, -0.05) is 0 Å². The normalized spacial score (nSPS) is 11.9. The van der Waals surface area contributed by atoms with Crippen LogP contribution in [0.25, 0.3) is 0 Å². The largest absolute Gasteiger partial charge is 0.351 e. The number of carbonyl (C=O) groups excluding carboxylic acids is 2. The lowest BCUT2D eigenvalue weighted by Crippen LogP contribution is -2.41. The number of aromatic nitrogens is 2. The maximum Gasteiger partial charge on any atom is 0.314 e. The zero-order chi connectivity index (χ0) is 13.0. The van der Waals surface area contributed by atoms with Gasteiger partial charge < -0.3 is 20.9 Å². The number of carbonyl (C=O) groups is 2. The molecular weight excluding hydrogens is 222 g/mol. The predicted molar refractivity (Wildman–Crippen MR) is 62.1 cm³/mol. The number of aryl methyl sites for hydroxylation is 1. The summed E-state index contributed by atoms with van der Waals surface area (Å²) in [5.74, 6) is 0.394. The Hall–Kier alpha value is -2.05. The highest BCUT2D eigenvalue weighted by molar-refractivity contribution is 5.83. The number of hydrogen-bond acceptors (Lipinski definition) is 3. The van der Waals surface area contributed by atoms with Crippen molar-refractivity contribution in [1.29, 1.82) is 0 Å². The van der Waals surface area contributed by atoms with Crippen LogP contribution in [-0.2, 0) is 4.79 Å². The lowest BCUT2D eigenvalue weighted by Gasteiger charge is -2.16. The van der Waals surface area contributed by atoms with Crippen LogP contribution in [0, 0.1) is 6.92 Å². The van der Waals surface area contributed by atoms with Crippen molar-refractivity contribution in [3.05, 3.63) is 17.7 Å². The van der Waals surface area contributed by atoms with Crippen LogP contribution in [-0.4, -0.2) is 40.4 Å². The van der Waals surface area contributed by atoms with Gasteiger partial charge in [-0.25, -0.2) is 9.78 Å². The van der Waals surface area contributed by atoms with E-state index in [0.29, 0.717) is 5.82 Å². The summed E-state index contributed by atoms with van der Waals surface area (Å²) in [7, 11) is 1.46. The van der Waals surface area contributed by atoms with E-state index in [0.717, 1.165) is 10.6 Å². The molecular formula is C10H17N5O2. The first-order valence-electron chi connectivity index (χ1n) is 5.21. The molecule has 1 unspecified atom stereocenters. The third-order valence-electron chi connectivity index (χ3n) is 2.27. The number of rotatable bonds is 4. The summed E-state index contributed by atoms with van der Waals surface area (Å²) in [5.41, 5.74) is 5.94. The molecule has 0 fully saturated rings. The molecule has 0 saturated heterocycles. The van der Waals surface area contributed by atoms with Crippen LogP contribution in [0.3, 0.4) is 0 Å². The van der Waals surface area contributed by atoms with Gasteiger partial charge in [0.05, 0.1) is 6.04 Å². The topological polar surface area (TPSA) is 104 Å². The van der Waals surface area contributed by atoms with Crippen LogP contribution >= 0.6 is 0 Å². The Bertz CT molecular complexity index is 415. The molecule has 1 aromatic rings. The molecule has 0 saturated carbocycles. The molecule has 0 spiro atoms. The highest BCUT2D eigenvalue weighted by atomic mass is 16.2. The zero-order valence-electron chi connectivity index (χ0n) is 10.2. The van der Waals surface area contributed by atoms with Gasteiger partial charge in [0.25, 0.3) is 0 Å². The average molecular weight is 239 g/mol. The van der Waals surface area contributed by atoms with E-state index in [-0.39, 0.29) is 18.5 Å². The standard InChI is InChI=1S/C10H17N5O2/c1-6-4-12-9(13-6)7(2)14-8(16)5-15(3)10(11)17/h4,7H,5H2,1-3H3,(H2,11,17)(H,12,13)(H,14,16). The number of nitrogens with one attached hydrogen (secondary N) is 2. The molecule has 1 aromatic heterocycles. The number of amides is 3. The Morgan fingerprint density at radius 2 is 2.29 bits per heavy atom. The van der Waals surface area contributed by atoms with Crippen molar-refractivity contribution in [3.63, 3.8) is 0 Å². The molecule has 0 aromatic carbocycles. The molecule has 94 valence electrons. The van der Waals surface area contributed by atoms with E-state index in [1.54, 1.807) is 13.1 Å². The van der Waals surface area contributed by atoms with Crippen LogP contribution < -0.4 is 11.1 Å². The number of primary amides is 1. The summed E-state index contributed by atoms with van der Waals surface area (Å²) in [5, 5.41) is 2.71. The van der Waals surface area contributed by atoms with E-state index >= 15 is 0 Å². The fraction of sp³-hybridized carbons (Fsp3) is 0.500. The smallest absolute Gasteiger partial charge is 0.314 e.